The highest BCUT2D eigenvalue weighted by Gasteiger charge is 2.13. The summed E-state index contributed by atoms with van der Waals surface area (Å²) in [6.07, 6.45) is 32.0. The number of hydrogen-bond acceptors (Lipinski definition) is 7. The molecule has 0 amide bonds. The SMILES string of the molecule is CCCCCCCCCCCCCCCCCCOCC(CSCCCCCOCCCCCO)Oc1ncccn1. The van der Waals surface area contributed by atoms with Gasteiger partial charge in [-0.2, -0.15) is 11.8 Å². The summed E-state index contributed by atoms with van der Waals surface area (Å²) in [5.74, 6) is 2.00. The van der Waals surface area contributed by atoms with E-state index in [0.717, 1.165) is 63.4 Å². The third kappa shape index (κ3) is 27.9. The zero-order chi connectivity index (χ0) is 30.0. The fourth-order valence-electron chi connectivity index (χ4n) is 4.97. The van der Waals surface area contributed by atoms with Crippen molar-refractivity contribution < 1.29 is 19.3 Å². The maximum atomic E-state index is 8.80. The predicted octanol–water partition coefficient (Wildman–Crippen LogP) is 9.58. The van der Waals surface area contributed by atoms with Gasteiger partial charge in [-0.3, -0.25) is 0 Å². The van der Waals surface area contributed by atoms with Gasteiger partial charge in [0.1, 0.15) is 6.10 Å². The van der Waals surface area contributed by atoms with E-state index < -0.39 is 0 Å². The van der Waals surface area contributed by atoms with Crippen LogP contribution in [0.5, 0.6) is 6.01 Å². The molecule has 0 spiro atoms. The van der Waals surface area contributed by atoms with Crippen molar-refractivity contribution in [2.24, 2.45) is 0 Å². The Morgan fingerprint density at radius 3 is 1.64 bits per heavy atom. The summed E-state index contributed by atoms with van der Waals surface area (Å²) < 4.78 is 17.7. The molecule has 1 aromatic heterocycles. The van der Waals surface area contributed by atoms with Gasteiger partial charge in [0.15, 0.2) is 0 Å². The zero-order valence-electron chi connectivity index (χ0n) is 27.3. The lowest BCUT2D eigenvalue weighted by Gasteiger charge is -2.17. The quantitative estimate of drug-likeness (QED) is 0.0779. The van der Waals surface area contributed by atoms with Gasteiger partial charge in [-0.1, -0.05) is 110 Å². The van der Waals surface area contributed by atoms with E-state index in [1.165, 1.54) is 109 Å². The molecule has 0 aliphatic heterocycles. The summed E-state index contributed by atoms with van der Waals surface area (Å²) in [6.45, 7) is 5.63. The topological polar surface area (TPSA) is 73.7 Å². The molecule has 0 aliphatic carbocycles. The first-order valence-corrected chi connectivity index (χ1v) is 18.8. The van der Waals surface area contributed by atoms with E-state index in [1.54, 1.807) is 12.4 Å². The van der Waals surface area contributed by atoms with E-state index in [9.17, 15) is 0 Å². The maximum Gasteiger partial charge on any atom is 0.316 e. The summed E-state index contributed by atoms with van der Waals surface area (Å²) in [7, 11) is 0. The molecule has 7 heteroatoms. The molecule has 1 rings (SSSR count). The van der Waals surface area contributed by atoms with Crippen molar-refractivity contribution in [1.29, 1.82) is 0 Å². The van der Waals surface area contributed by atoms with Crippen molar-refractivity contribution in [3.05, 3.63) is 18.5 Å². The van der Waals surface area contributed by atoms with Crippen LogP contribution in [0.3, 0.4) is 0 Å². The largest absolute Gasteiger partial charge is 0.457 e. The molecule has 1 heterocycles. The second-order valence-electron chi connectivity index (χ2n) is 11.7. The first kappa shape index (κ1) is 39.1. The second kappa shape index (κ2) is 33.0. The summed E-state index contributed by atoms with van der Waals surface area (Å²) in [6, 6.07) is 2.24. The average molecular weight is 611 g/mol. The molecule has 0 aromatic carbocycles. The second-order valence-corrected chi connectivity index (χ2v) is 12.8. The lowest BCUT2D eigenvalue weighted by molar-refractivity contribution is 0.0542. The Hall–Kier alpha value is -0.890. The summed E-state index contributed by atoms with van der Waals surface area (Å²) in [5, 5.41) is 8.80. The number of thioether (sulfide) groups is 1. The van der Waals surface area contributed by atoms with Crippen LogP contribution in [0.15, 0.2) is 18.5 Å². The van der Waals surface area contributed by atoms with Crippen molar-refractivity contribution in [1.82, 2.24) is 9.97 Å². The van der Waals surface area contributed by atoms with Crippen LogP contribution in [-0.2, 0) is 9.47 Å². The summed E-state index contributed by atoms with van der Waals surface area (Å²) >= 11 is 1.92. The van der Waals surface area contributed by atoms with Gasteiger partial charge in [0.25, 0.3) is 0 Å². The Morgan fingerprint density at radius 1 is 0.619 bits per heavy atom. The first-order valence-electron chi connectivity index (χ1n) is 17.6. The third-order valence-electron chi connectivity index (χ3n) is 7.59. The van der Waals surface area contributed by atoms with Crippen molar-refractivity contribution in [2.45, 2.75) is 154 Å². The molecule has 1 unspecified atom stereocenters. The van der Waals surface area contributed by atoms with E-state index in [1.807, 2.05) is 17.8 Å². The van der Waals surface area contributed by atoms with Crippen LogP contribution in [0.4, 0.5) is 0 Å². The Labute approximate surface area is 263 Å². The number of aliphatic hydroxyl groups is 1. The van der Waals surface area contributed by atoms with Crippen LogP contribution in [0, 0.1) is 0 Å². The fourth-order valence-corrected chi connectivity index (χ4v) is 5.98. The van der Waals surface area contributed by atoms with Gasteiger partial charge >= 0.3 is 6.01 Å². The third-order valence-corrected chi connectivity index (χ3v) is 8.77. The average Bonchev–Trinajstić information content (AvgIpc) is 3.01. The van der Waals surface area contributed by atoms with Crippen LogP contribution in [-0.4, -0.2) is 65.7 Å². The smallest absolute Gasteiger partial charge is 0.316 e. The van der Waals surface area contributed by atoms with E-state index in [4.69, 9.17) is 19.3 Å². The molecular weight excluding hydrogens is 544 g/mol. The molecule has 0 radical (unpaired) electrons. The number of ether oxygens (including phenoxy) is 3. The van der Waals surface area contributed by atoms with Crippen molar-refractivity contribution in [2.75, 3.05) is 44.5 Å². The Bertz CT molecular complexity index is 641. The minimum Gasteiger partial charge on any atom is -0.457 e. The van der Waals surface area contributed by atoms with Crippen LogP contribution in [0.1, 0.15) is 148 Å². The number of aliphatic hydroxyl groups excluding tert-OH is 1. The highest BCUT2D eigenvalue weighted by molar-refractivity contribution is 7.99. The monoisotopic (exact) mass is 610 g/mol. The lowest BCUT2D eigenvalue weighted by atomic mass is 10.0. The molecule has 1 atom stereocenters. The summed E-state index contributed by atoms with van der Waals surface area (Å²) in [4.78, 5) is 8.47. The van der Waals surface area contributed by atoms with Gasteiger partial charge in [-0.15, -0.1) is 0 Å². The number of hydrogen-bond donors (Lipinski definition) is 1. The minimum atomic E-state index is -0.0271. The normalized spacial score (nSPS) is 12.1. The molecule has 1 aromatic rings. The van der Waals surface area contributed by atoms with Crippen molar-refractivity contribution in [3.63, 3.8) is 0 Å². The molecule has 0 saturated heterocycles. The predicted molar refractivity (Wildman–Crippen MR) is 180 cm³/mol. The van der Waals surface area contributed by atoms with E-state index in [-0.39, 0.29) is 12.7 Å². The van der Waals surface area contributed by atoms with Gasteiger partial charge < -0.3 is 19.3 Å². The van der Waals surface area contributed by atoms with Crippen LogP contribution < -0.4 is 4.74 Å². The number of nitrogens with zero attached hydrogens (tertiary/aromatic N) is 2. The van der Waals surface area contributed by atoms with Gasteiger partial charge in [0.05, 0.1) is 6.61 Å². The zero-order valence-corrected chi connectivity index (χ0v) is 28.1. The lowest BCUT2D eigenvalue weighted by Crippen LogP contribution is -2.27. The fraction of sp³-hybridized carbons (Fsp3) is 0.886. The molecule has 246 valence electrons. The first-order chi connectivity index (χ1) is 20.9. The molecule has 0 fully saturated rings. The van der Waals surface area contributed by atoms with Gasteiger partial charge in [0, 0.05) is 44.6 Å². The minimum absolute atomic E-state index is 0.0271. The highest BCUT2D eigenvalue weighted by Crippen LogP contribution is 2.15. The number of unbranched alkanes of at least 4 members (excludes halogenated alkanes) is 19. The highest BCUT2D eigenvalue weighted by atomic mass is 32.2. The van der Waals surface area contributed by atoms with E-state index in [2.05, 4.69) is 16.9 Å². The summed E-state index contributed by atoms with van der Waals surface area (Å²) in [5.41, 5.74) is 0. The van der Waals surface area contributed by atoms with Gasteiger partial charge in [-0.25, -0.2) is 9.97 Å². The maximum absolute atomic E-state index is 8.80. The van der Waals surface area contributed by atoms with Gasteiger partial charge in [-0.05, 0) is 50.3 Å². The molecule has 1 N–H and O–H groups in total. The standard InChI is InChI=1S/C35H66N2O4S/c1-2-3-4-5-6-7-8-9-10-11-12-13-14-15-16-20-30-40-32-34(41-35-36-25-24-26-37-35)33-42-31-23-18-22-29-39-28-21-17-19-27-38/h24-26,34,38H,2-23,27-33H2,1H3. The molecule has 6 nitrogen and oxygen atoms in total. The molecular formula is C35H66N2O4S. The Morgan fingerprint density at radius 2 is 1.10 bits per heavy atom. The van der Waals surface area contributed by atoms with Crippen molar-refractivity contribution >= 4 is 11.8 Å². The van der Waals surface area contributed by atoms with Crippen LogP contribution in [0.25, 0.3) is 0 Å². The van der Waals surface area contributed by atoms with Crippen LogP contribution >= 0.6 is 11.8 Å². The molecule has 0 aliphatic rings. The Balaban J connectivity index is 1.98. The van der Waals surface area contributed by atoms with Crippen LogP contribution in [0.2, 0.25) is 0 Å². The molecule has 0 saturated carbocycles. The van der Waals surface area contributed by atoms with E-state index >= 15 is 0 Å². The molecule has 42 heavy (non-hydrogen) atoms. The number of aromatic nitrogens is 2. The molecule has 0 bridgehead atoms. The number of rotatable bonds is 34. The van der Waals surface area contributed by atoms with Crippen molar-refractivity contribution in [3.8, 4) is 6.01 Å². The Kier molecular flexibility index (Phi) is 30.8. The van der Waals surface area contributed by atoms with E-state index in [0.29, 0.717) is 12.6 Å². The van der Waals surface area contributed by atoms with Gasteiger partial charge in [0.2, 0.25) is 0 Å².